The SMILES string of the molecule is C=CCOc1ccc(CC/C=C/C2CCC(/C=C/C)CC2)c(F)c1F. The highest BCUT2D eigenvalue weighted by molar-refractivity contribution is 5.31. The number of rotatable bonds is 8. The standard InChI is InChI=1S/C22H28F2O/c1-3-7-17-10-12-18(13-11-17)8-5-6-9-19-14-15-20(25-16-4-2)22(24)21(19)23/h3-5,7-8,14-15,17-18H,2,6,9-13,16H2,1H3/b7-3+,8-5+. The average Bonchev–Trinajstić information content (AvgIpc) is 2.63. The third kappa shape index (κ3) is 5.84. The first kappa shape index (κ1) is 19.4. The Morgan fingerprint density at radius 2 is 1.76 bits per heavy atom. The molecule has 0 spiro atoms. The summed E-state index contributed by atoms with van der Waals surface area (Å²) in [5.74, 6) is -0.423. The predicted molar refractivity (Wildman–Crippen MR) is 99.8 cm³/mol. The molecule has 0 N–H and O–H groups in total. The van der Waals surface area contributed by atoms with E-state index in [0.717, 1.165) is 12.3 Å². The van der Waals surface area contributed by atoms with Gasteiger partial charge in [-0.2, -0.15) is 4.39 Å². The van der Waals surface area contributed by atoms with Crippen molar-refractivity contribution in [2.24, 2.45) is 11.8 Å². The van der Waals surface area contributed by atoms with Crippen LogP contribution in [0.1, 0.15) is 44.6 Å². The zero-order chi connectivity index (χ0) is 18.1. The Morgan fingerprint density at radius 1 is 1.08 bits per heavy atom. The van der Waals surface area contributed by atoms with Gasteiger partial charge in [0.1, 0.15) is 6.61 Å². The van der Waals surface area contributed by atoms with Crippen LogP contribution >= 0.6 is 0 Å². The zero-order valence-electron chi connectivity index (χ0n) is 15.0. The molecule has 0 amide bonds. The second kappa shape index (κ2) is 10.2. The van der Waals surface area contributed by atoms with Gasteiger partial charge in [-0.1, -0.05) is 43.0 Å². The Kier molecular flexibility index (Phi) is 7.90. The van der Waals surface area contributed by atoms with Gasteiger partial charge in [-0.25, -0.2) is 4.39 Å². The van der Waals surface area contributed by atoms with Gasteiger partial charge in [0.15, 0.2) is 11.6 Å². The summed E-state index contributed by atoms with van der Waals surface area (Å²) in [6.45, 7) is 5.73. The van der Waals surface area contributed by atoms with Gasteiger partial charge in [-0.15, -0.1) is 0 Å². The maximum absolute atomic E-state index is 14.1. The number of allylic oxidation sites excluding steroid dienone is 4. The van der Waals surface area contributed by atoms with Gasteiger partial charge in [-0.05, 0) is 68.9 Å². The number of ether oxygens (including phenoxy) is 1. The first-order chi connectivity index (χ1) is 12.2. The third-order valence-electron chi connectivity index (χ3n) is 4.75. The number of halogens is 2. The van der Waals surface area contributed by atoms with Crippen LogP contribution in [-0.4, -0.2) is 6.61 Å². The fourth-order valence-corrected chi connectivity index (χ4v) is 3.35. The smallest absolute Gasteiger partial charge is 0.200 e. The normalized spacial score (nSPS) is 21.1. The number of hydrogen-bond acceptors (Lipinski definition) is 1. The Labute approximate surface area is 150 Å². The first-order valence-corrected chi connectivity index (χ1v) is 9.15. The lowest BCUT2D eigenvalue weighted by atomic mass is 9.81. The second-order valence-corrected chi connectivity index (χ2v) is 6.62. The van der Waals surface area contributed by atoms with Crippen LogP contribution in [0.5, 0.6) is 5.75 Å². The lowest BCUT2D eigenvalue weighted by Gasteiger charge is -2.24. The van der Waals surface area contributed by atoms with E-state index in [2.05, 4.69) is 37.8 Å². The second-order valence-electron chi connectivity index (χ2n) is 6.62. The molecule has 136 valence electrons. The van der Waals surface area contributed by atoms with Crippen molar-refractivity contribution < 1.29 is 13.5 Å². The summed E-state index contributed by atoms with van der Waals surface area (Å²) in [5.41, 5.74) is 0.393. The van der Waals surface area contributed by atoms with Crippen LogP contribution in [0.3, 0.4) is 0 Å². The quantitative estimate of drug-likeness (QED) is 0.495. The molecule has 0 heterocycles. The molecule has 0 atom stereocenters. The first-order valence-electron chi connectivity index (χ1n) is 9.15. The van der Waals surface area contributed by atoms with Crippen LogP contribution in [0.4, 0.5) is 8.78 Å². The molecule has 1 nitrogen and oxygen atoms in total. The molecule has 3 heteroatoms. The molecule has 0 radical (unpaired) electrons. The van der Waals surface area contributed by atoms with E-state index in [1.54, 1.807) is 6.07 Å². The summed E-state index contributed by atoms with van der Waals surface area (Å²) in [6.07, 6.45) is 16.4. The van der Waals surface area contributed by atoms with Gasteiger partial charge in [0.05, 0.1) is 0 Å². The highest BCUT2D eigenvalue weighted by Crippen LogP contribution is 2.30. The van der Waals surface area contributed by atoms with Gasteiger partial charge < -0.3 is 4.74 Å². The van der Waals surface area contributed by atoms with Crippen LogP contribution in [0.2, 0.25) is 0 Å². The molecule has 0 aromatic heterocycles. The molecule has 1 fully saturated rings. The molecule has 1 aliphatic carbocycles. The third-order valence-corrected chi connectivity index (χ3v) is 4.75. The monoisotopic (exact) mass is 346 g/mol. The van der Waals surface area contributed by atoms with Gasteiger partial charge in [0, 0.05) is 0 Å². The molecule has 0 bridgehead atoms. The average molecular weight is 346 g/mol. The Bertz CT molecular complexity index is 611. The minimum absolute atomic E-state index is 0.0606. The largest absolute Gasteiger partial charge is 0.486 e. The molecule has 0 saturated heterocycles. The summed E-state index contributed by atoms with van der Waals surface area (Å²) in [4.78, 5) is 0. The van der Waals surface area contributed by atoms with Crippen LogP contribution in [0.25, 0.3) is 0 Å². The Hall–Kier alpha value is -1.90. The molecule has 25 heavy (non-hydrogen) atoms. The van der Waals surface area contributed by atoms with Crippen LogP contribution in [-0.2, 0) is 6.42 Å². The molecular weight excluding hydrogens is 318 g/mol. The molecule has 1 aromatic carbocycles. The van der Waals surface area contributed by atoms with Crippen molar-refractivity contribution in [2.45, 2.75) is 45.4 Å². The molecule has 0 aliphatic heterocycles. The minimum Gasteiger partial charge on any atom is -0.486 e. The van der Waals surface area contributed by atoms with Crippen molar-refractivity contribution in [2.75, 3.05) is 6.61 Å². The number of aryl methyl sites for hydroxylation is 1. The number of benzene rings is 1. The van der Waals surface area contributed by atoms with Crippen LogP contribution < -0.4 is 4.74 Å². The lowest BCUT2D eigenvalue weighted by molar-refractivity contribution is 0.331. The summed E-state index contributed by atoms with van der Waals surface area (Å²) in [5, 5.41) is 0. The predicted octanol–water partition coefficient (Wildman–Crippen LogP) is 6.40. The Balaban J connectivity index is 1.81. The summed E-state index contributed by atoms with van der Waals surface area (Å²) in [7, 11) is 0. The van der Waals surface area contributed by atoms with Crippen molar-refractivity contribution in [3.63, 3.8) is 0 Å². The van der Waals surface area contributed by atoms with E-state index in [4.69, 9.17) is 4.74 Å². The van der Waals surface area contributed by atoms with Crippen molar-refractivity contribution in [1.82, 2.24) is 0 Å². The van der Waals surface area contributed by atoms with Gasteiger partial charge in [-0.3, -0.25) is 0 Å². The molecule has 1 aliphatic rings. The van der Waals surface area contributed by atoms with Crippen molar-refractivity contribution >= 4 is 0 Å². The lowest BCUT2D eigenvalue weighted by Crippen LogP contribution is -2.11. The molecule has 1 aromatic rings. The van der Waals surface area contributed by atoms with E-state index in [1.165, 1.54) is 37.8 Å². The Morgan fingerprint density at radius 3 is 2.40 bits per heavy atom. The maximum atomic E-state index is 14.1. The van der Waals surface area contributed by atoms with Crippen LogP contribution in [0, 0.1) is 23.5 Å². The van der Waals surface area contributed by atoms with E-state index in [9.17, 15) is 8.78 Å². The zero-order valence-corrected chi connectivity index (χ0v) is 15.0. The van der Waals surface area contributed by atoms with E-state index in [-0.39, 0.29) is 12.4 Å². The van der Waals surface area contributed by atoms with Crippen LogP contribution in [0.15, 0.2) is 49.1 Å². The fraction of sp³-hybridized carbons (Fsp3) is 0.455. The highest BCUT2D eigenvalue weighted by Gasteiger charge is 2.17. The van der Waals surface area contributed by atoms with E-state index in [0.29, 0.717) is 17.9 Å². The minimum atomic E-state index is -0.911. The van der Waals surface area contributed by atoms with Crippen molar-refractivity contribution in [3.8, 4) is 5.75 Å². The summed E-state index contributed by atoms with van der Waals surface area (Å²) < 4.78 is 33.1. The van der Waals surface area contributed by atoms with Gasteiger partial charge in [0.2, 0.25) is 5.82 Å². The van der Waals surface area contributed by atoms with Crippen molar-refractivity contribution in [1.29, 1.82) is 0 Å². The van der Waals surface area contributed by atoms with Gasteiger partial charge in [0.25, 0.3) is 0 Å². The molecule has 0 unspecified atom stereocenters. The van der Waals surface area contributed by atoms with Gasteiger partial charge >= 0.3 is 0 Å². The molecule has 2 rings (SSSR count). The summed E-state index contributed by atoms with van der Waals surface area (Å²) in [6, 6.07) is 3.09. The topological polar surface area (TPSA) is 9.23 Å². The van der Waals surface area contributed by atoms with E-state index in [1.807, 2.05) is 0 Å². The molecular formula is C22H28F2O. The highest BCUT2D eigenvalue weighted by atomic mass is 19.2. The van der Waals surface area contributed by atoms with Crippen molar-refractivity contribution in [3.05, 3.63) is 66.3 Å². The van der Waals surface area contributed by atoms with E-state index >= 15 is 0 Å². The number of hydrogen-bond donors (Lipinski definition) is 0. The fourth-order valence-electron chi connectivity index (χ4n) is 3.35. The maximum Gasteiger partial charge on any atom is 0.200 e. The summed E-state index contributed by atoms with van der Waals surface area (Å²) >= 11 is 0. The molecule has 1 saturated carbocycles. The van der Waals surface area contributed by atoms with E-state index < -0.39 is 11.6 Å².